The molecule has 12 heteroatoms. The minimum absolute atomic E-state index is 0.0645. The number of carbonyl (C=O) groups excluding carboxylic acids is 1. The third-order valence-electron chi connectivity index (χ3n) is 6.99. The Bertz CT molecular complexity index is 1400. The van der Waals surface area contributed by atoms with Gasteiger partial charge in [-0.3, -0.25) is 9.63 Å². The number of amides is 1. The number of aromatic nitrogens is 2. The number of carbonyl (C=O) groups is 1. The maximum absolute atomic E-state index is 14.2. The molecular formula is C28H31ClFN7O3. The second kappa shape index (κ2) is 12.1. The first kappa shape index (κ1) is 27.6. The molecule has 2 saturated heterocycles. The summed E-state index contributed by atoms with van der Waals surface area (Å²) in [6.45, 7) is 7.44. The zero-order valence-corrected chi connectivity index (χ0v) is 23.1. The largest absolute Gasteiger partial charge is 0.494 e. The number of hydrogen-bond acceptors (Lipinski definition) is 9. The lowest BCUT2D eigenvalue weighted by atomic mass is 10.0. The van der Waals surface area contributed by atoms with Crippen molar-refractivity contribution in [2.45, 2.75) is 12.5 Å². The first-order valence-corrected chi connectivity index (χ1v) is 13.3. The highest BCUT2D eigenvalue weighted by atomic mass is 35.5. The van der Waals surface area contributed by atoms with Crippen molar-refractivity contribution in [1.29, 1.82) is 0 Å². The van der Waals surface area contributed by atoms with Gasteiger partial charge in [-0.1, -0.05) is 30.3 Å². The maximum atomic E-state index is 14.2. The Kier molecular flexibility index (Phi) is 8.34. The van der Waals surface area contributed by atoms with Gasteiger partial charge in [-0.2, -0.15) is 0 Å². The summed E-state index contributed by atoms with van der Waals surface area (Å²) in [6, 6.07) is 9.86. The van der Waals surface area contributed by atoms with E-state index in [1.165, 1.54) is 18.5 Å². The number of hydroxylamine groups is 1. The number of nitrogens with zero attached hydrogens (tertiary/aromatic N) is 5. The van der Waals surface area contributed by atoms with Gasteiger partial charge in [0.05, 0.1) is 41.8 Å². The van der Waals surface area contributed by atoms with Crippen LogP contribution in [-0.2, 0) is 9.63 Å². The van der Waals surface area contributed by atoms with Gasteiger partial charge in [0.25, 0.3) is 0 Å². The third-order valence-corrected chi connectivity index (χ3v) is 7.39. The number of benzene rings is 2. The number of halogens is 2. The molecule has 0 radical (unpaired) electrons. The van der Waals surface area contributed by atoms with Crippen molar-refractivity contribution in [3.05, 3.63) is 71.8 Å². The Balaban J connectivity index is 1.45. The summed E-state index contributed by atoms with van der Waals surface area (Å²) in [5.74, 6) is 0.726. The number of hydrogen-bond donors (Lipinski definition) is 2. The Morgan fingerprint density at radius 3 is 2.75 bits per heavy atom. The quantitative estimate of drug-likeness (QED) is 0.373. The summed E-state index contributed by atoms with van der Waals surface area (Å²) < 4.78 is 19.9. The van der Waals surface area contributed by atoms with Crippen LogP contribution in [0.15, 0.2) is 55.4 Å². The number of nitrogens with one attached hydrogen (secondary N) is 2. The number of anilines is 5. The molecule has 2 N–H and O–H groups in total. The fourth-order valence-corrected chi connectivity index (χ4v) is 5.11. The summed E-state index contributed by atoms with van der Waals surface area (Å²) in [4.78, 5) is 31.4. The van der Waals surface area contributed by atoms with E-state index in [-0.39, 0.29) is 17.0 Å². The maximum Gasteiger partial charge on any atom is 0.247 e. The van der Waals surface area contributed by atoms with Crippen LogP contribution in [0.5, 0.6) is 5.75 Å². The molecule has 1 amide bonds. The fourth-order valence-electron chi connectivity index (χ4n) is 4.86. The van der Waals surface area contributed by atoms with E-state index in [1.54, 1.807) is 30.4 Å². The van der Waals surface area contributed by atoms with Crippen LogP contribution in [-0.4, -0.2) is 67.7 Å². The molecule has 2 aliphatic rings. The zero-order valence-electron chi connectivity index (χ0n) is 22.4. The molecule has 1 aromatic heterocycles. The van der Waals surface area contributed by atoms with E-state index in [4.69, 9.17) is 21.2 Å². The van der Waals surface area contributed by atoms with Crippen molar-refractivity contribution in [1.82, 2.24) is 14.9 Å². The first-order valence-electron chi connectivity index (χ1n) is 12.9. The van der Waals surface area contributed by atoms with Gasteiger partial charge in [0, 0.05) is 44.7 Å². The van der Waals surface area contributed by atoms with Crippen LogP contribution in [0.3, 0.4) is 0 Å². The van der Waals surface area contributed by atoms with Crippen LogP contribution >= 0.6 is 11.6 Å². The molecule has 1 atom stereocenters. The lowest BCUT2D eigenvalue weighted by Crippen LogP contribution is -2.44. The summed E-state index contributed by atoms with van der Waals surface area (Å²) >= 11 is 6.28. The van der Waals surface area contributed by atoms with Gasteiger partial charge in [0.2, 0.25) is 5.91 Å². The lowest BCUT2D eigenvalue weighted by Gasteiger charge is -2.35. The van der Waals surface area contributed by atoms with Gasteiger partial charge >= 0.3 is 0 Å². The van der Waals surface area contributed by atoms with Gasteiger partial charge in [0.15, 0.2) is 5.82 Å². The minimum atomic E-state index is -0.484. The average molecular weight is 568 g/mol. The van der Waals surface area contributed by atoms with Gasteiger partial charge < -0.3 is 25.2 Å². The minimum Gasteiger partial charge on any atom is -0.494 e. The van der Waals surface area contributed by atoms with E-state index >= 15 is 0 Å². The first-order chi connectivity index (χ1) is 19.4. The molecule has 40 heavy (non-hydrogen) atoms. The van der Waals surface area contributed by atoms with Crippen LogP contribution < -0.4 is 25.3 Å². The van der Waals surface area contributed by atoms with Crippen LogP contribution in [0, 0.1) is 5.82 Å². The third kappa shape index (κ3) is 5.81. The monoisotopic (exact) mass is 567 g/mol. The molecule has 210 valence electrons. The van der Waals surface area contributed by atoms with Crippen molar-refractivity contribution in [3.63, 3.8) is 0 Å². The van der Waals surface area contributed by atoms with Crippen molar-refractivity contribution >= 4 is 46.2 Å². The van der Waals surface area contributed by atoms with Crippen LogP contribution in [0.2, 0.25) is 5.02 Å². The highest BCUT2D eigenvalue weighted by Gasteiger charge is 2.31. The highest BCUT2D eigenvalue weighted by molar-refractivity contribution is 6.31. The molecule has 3 heterocycles. The lowest BCUT2D eigenvalue weighted by molar-refractivity contribution is -0.111. The Morgan fingerprint density at radius 1 is 1.20 bits per heavy atom. The highest BCUT2D eigenvalue weighted by Crippen LogP contribution is 2.41. The predicted molar refractivity (Wildman–Crippen MR) is 154 cm³/mol. The van der Waals surface area contributed by atoms with Crippen molar-refractivity contribution in [2.24, 2.45) is 0 Å². The van der Waals surface area contributed by atoms with Gasteiger partial charge in [-0.15, -0.1) is 0 Å². The van der Waals surface area contributed by atoms with Crippen LogP contribution in [0.25, 0.3) is 0 Å². The van der Waals surface area contributed by atoms with E-state index in [9.17, 15) is 9.18 Å². The van der Waals surface area contributed by atoms with E-state index in [1.807, 2.05) is 12.1 Å². The Labute approximate surface area is 237 Å². The molecule has 2 aliphatic heterocycles. The number of ether oxygens (including phenoxy) is 1. The zero-order chi connectivity index (χ0) is 28.2. The summed E-state index contributed by atoms with van der Waals surface area (Å²) in [7, 11) is 3.68. The molecule has 0 aliphatic carbocycles. The van der Waals surface area contributed by atoms with Crippen molar-refractivity contribution < 1.29 is 18.8 Å². The molecule has 2 aromatic carbocycles. The molecule has 1 unspecified atom stereocenters. The molecular weight excluding hydrogens is 537 g/mol. The molecule has 0 saturated carbocycles. The molecule has 3 aromatic rings. The van der Waals surface area contributed by atoms with E-state index in [2.05, 4.69) is 44.0 Å². The van der Waals surface area contributed by atoms with Crippen LogP contribution in [0.1, 0.15) is 18.0 Å². The molecule has 2 fully saturated rings. The van der Waals surface area contributed by atoms with E-state index in [0.717, 1.165) is 31.9 Å². The normalized spacial score (nSPS) is 17.6. The fraction of sp³-hybridized carbons (Fsp3) is 0.321. The predicted octanol–water partition coefficient (Wildman–Crippen LogP) is 4.78. The van der Waals surface area contributed by atoms with Crippen molar-refractivity contribution in [3.8, 4) is 5.75 Å². The summed E-state index contributed by atoms with van der Waals surface area (Å²) in [5, 5.41) is 7.89. The number of piperazine rings is 1. The molecule has 0 spiro atoms. The van der Waals surface area contributed by atoms with E-state index in [0.29, 0.717) is 47.4 Å². The topological polar surface area (TPSA) is 95.1 Å². The smallest absolute Gasteiger partial charge is 0.247 e. The second-order valence-electron chi connectivity index (χ2n) is 9.55. The average Bonchev–Trinajstić information content (AvgIpc) is 3.45. The van der Waals surface area contributed by atoms with E-state index < -0.39 is 5.82 Å². The number of rotatable bonds is 8. The molecule has 0 bridgehead atoms. The summed E-state index contributed by atoms with van der Waals surface area (Å²) in [6.07, 6.45) is 3.26. The number of methoxy groups -OCH3 is 1. The number of likely N-dealkylation sites (N-methyl/N-ethyl adjacent to an activating group) is 1. The van der Waals surface area contributed by atoms with Gasteiger partial charge in [-0.25, -0.2) is 19.4 Å². The SMILES string of the molecule is C=CC(=O)Nc1cc(Nc2cc(N3OCCC3c3cccc(F)c3Cl)ncn2)c(OC)cc1N1CCN(C)CC1. The summed E-state index contributed by atoms with van der Waals surface area (Å²) in [5.41, 5.74) is 2.69. The standard InChI is InChI=1S/C28H31ClFN7O3/c1-4-27(38)34-20-14-21(24(39-3)15-23(20)36-11-9-35(2)10-12-36)33-25-16-26(32-17-31-25)37-22(8-13-40-37)18-6-5-7-19(30)28(18)29/h4-7,14-17,22H,1,8-13H2,2-3H3,(H,34,38)(H,31,32,33). The van der Waals surface area contributed by atoms with Crippen molar-refractivity contribution in [2.75, 3.05) is 67.5 Å². The second-order valence-corrected chi connectivity index (χ2v) is 9.92. The Morgan fingerprint density at radius 2 is 2.00 bits per heavy atom. The Hall–Kier alpha value is -3.93. The molecule has 10 nitrogen and oxygen atoms in total. The van der Waals surface area contributed by atoms with Gasteiger partial charge in [-0.05, 0) is 30.8 Å². The van der Waals surface area contributed by atoms with Gasteiger partial charge in [0.1, 0.15) is 23.7 Å². The van der Waals surface area contributed by atoms with Crippen LogP contribution in [0.4, 0.5) is 33.1 Å². The molecule has 5 rings (SSSR count).